The Morgan fingerprint density at radius 2 is 1.77 bits per heavy atom. The summed E-state index contributed by atoms with van der Waals surface area (Å²) in [4.78, 5) is 14.5. The maximum Gasteiger partial charge on any atom is 0.227 e. The number of aliphatic hydroxyl groups excluding tert-OH is 1. The lowest BCUT2D eigenvalue weighted by Gasteiger charge is -2.35. The lowest BCUT2D eigenvalue weighted by Crippen LogP contribution is -2.45. The molecule has 0 radical (unpaired) electrons. The van der Waals surface area contributed by atoms with Gasteiger partial charge < -0.3 is 15.7 Å². The Morgan fingerprint density at radius 1 is 1.23 bits per heavy atom. The minimum absolute atomic E-state index is 0. The summed E-state index contributed by atoms with van der Waals surface area (Å²) in [5.41, 5.74) is 7.23. The van der Waals surface area contributed by atoms with Crippen molar-refractivity contribution in [2.75, 3.05) is 13.1 Å². The van der Waals surface area contributed by atoms with Crippen LogP contribution in [-0.2, 0) is 4.79 Å². The number of hydrogen-bond donors (Lipinski definition) is 2. The molecule has 1 aliphatic rings. The second-order valence-electron chi connectivity index (χ2n) is 6.13. The molecule has 4 nitrogen and oxygen atoms in total. The van der Waals surface area contributed by atoms with Gasteiger partial charge in [0.25, 0.3) is 0 Å². The van der Waals surface area contributed by atoms with Crippen LogP contribution in [0.4, 0.5) is 0 Å². The van der Waals surface area contributed by atoms with Crippen molar-refractivity contribution in [3.8, 4) is 0 Å². The molecule has 0 aromatic heterocycles. The third-order valence-electron chi connectivity index (χ3n) is 4.65. The number of carbonyl (C=O) groups excluding carboxylic acids is 1. The van der Waals surface area contributed by atoms with Crippen molar-refractivity contribution in [1.29, 1.82) is 0 Å². The second kappa shape index (κ2) is 8.51. The molecule has 1 amide bonds. The first-order chi connectivity index (χ1) is 10.0. The summed E-state index contributed by atoms with van der Waals surface area (Å²) in [5, 5.41) is 9.62. The smallest absolute Gasteiger partial charge is 0.227 e. The van der Waals surface area contributed by atoms with E-state index in [0.717, 1.165) is 31.5 Å². The number of likely N-dealkylation sites (tertiary alicyclic amines) is 1. The summed E-state index contributed by atoms with van der Waals surface area (Å²) >= 11 is 0. The van der Waals surface area contributed by atoms with Gasteiger partial charge in [-0.1, -0.05) is 37.3 Å². The lowest BCUT2D eigenvalue weighted by molar-refractivity contribution is -0.137. The SMILES string of the molecule is CC(O)C1CCN(C(=O)C(C)C(N)c2ccccc2)CC1.Cl. The standard InChI is InChI=1S/C17H26N2O2.ClH/c1-12(16(18)15-6-4-3-5-7-15)17(21)19-10-8-14(9-11-19)13(2)20;/h3-7,12-14,16,20H,8-11,18H2,1-2H3;1H. The number of piperidine rings is 1. The Hall–Kier alpha value is -1.10. The summed E-state index contributed by atoms with van der Waals surface area (Å²) in [5.74, 6) is 0.207. The van der Waals surface area contributed by atoms with E-state index in [4.69, 9.17) is 5.73 Å². The van der Waals surface area contributed by atoms with E-state index in [9.17, 15) is 9.90 Å². The summed E-state index contributed by atoms with van der Waals surface area (Å²) in [6, 6.07) is 9.50. The van der Waals surface area contributed by atoms with Crippen molar-refractivity contribution in [2.45, 2.75) is 38.8 Å². The number of amides is 1. The van der Waals surface area contributed by atoms with Crippen LogP contribution >= 0.6 is 12.4 Å². The molecule has 0 spiro atoms. The molecule has 1 aromatic carbocycles. The van der Waals surface area contributed by atoms with Crippen molar-refractivity contribution < 1.29 is 9.90 Å². The Bertz CT molecular complexity index is 459. The highest BCUT2D eigenvalue weighted by Crippen LogP contribution is 2.25. The zero-order valence-electron chi connectivity index (χ0n) is 13.3. The molecule has 1 heterocycles. The Kier molecular flexibility index (Phi) is 7.33. The highest BCUT2D eigenvalue weighted by atomic mass is 35.5. The number of carbonyl (C=O) groups is 1. The van der Waals surface area contributed by atoms with Crippen LogP contribution in [0.5, 0.6) is 0 Å². The summed E-state index contributed by atoms with van der Waals surface area (Å²) in [7, 11) is 0. The van der Waals surface area contributed by atoms with Crippen molar-refractivity contribution >= 4 is 18.3 Å². The Morgan fingerprint density at radius 3 is 2.27 bits per heavy atom. The fraction of sp³-hybridized carbons (Fsp3) is 0.588. The monoisotopic (exact) mass is 326 g/mol. The summed E-state index contributed by atoms with van der Waals surface area (Å²) in [6.45, 7) is 5.18. The third-order valence-corrected chi connectivity index (χ3v) is 4.65. The minimum Gasteiger partial charge on any atom is -0.393 e. The van der Waals surface area contributed by atoms with Gasteiger partial charge in [-0.25, -0.2) is 0 Å². The molecule has 0 aliphatic carbocycles. The van der Waals surface area contributed by atoms with Gasteiger partial charge in [-0.2, -0.15) is 0 Å². The fourth-order valence-electron chi connectivity index (χ4n) is 3.01. The van der Waals surface area contributed by atoms with Crippen molar-refractivity contribution in [2.24, 2.45) is 17.6 Å². The van der Waals surface area contributed by atoms with Crippen molar-refractivity contribution in [1.82, 2.24) is 4.90 Å². The number of nitrogens with zero attached hydrogens (tertiary/aromatic N) is 1. The zero-order chi connectivity index (χ0) is 15.4. The minimum atomic E-state index is -0.286. The Labute approximate surface area is 139 Å². The number of halogens is 1. The number of benzene rings is 1. The van der Waals surface area contributed by atoms with E-state index in [1.165, 1.54) is 0 Å². The van der Waals surface area contributed by atoms with Crippen LogP contribution in [0.15, 0.2) is 30.3 Å². The van der Waals surface area contributed by atoms with Crippen LogP contribution in [0, 0.1) is 11.8 Å². The molecule has 3 N–H and O–H groups in total. The first-order valence-electron chi connectivity index (χ1n) is 7.78. The normalized spacial score (nSPS) is 19.9. The molecule has 3 atom stereocenters. The molecule has 5 heteroatoms. The molecule has 1 aromatic rings. The van der Waals surface area contributed by atoms with Crippen LogP contribution in [0.1, 0.15) is 38.3 Å². The van der Waals surface area contributed by atoms with Gasteiger partial charge in [-0.05, 0) is 31.2 Å². The first-order valence-corrected chi connectivity index (χ1v) is 7.78. The maximum absolute atomic E-state index is 12.6. The van der Waals surface area contributed by atoms with Crippen LogP contribution in [0.3, 0.4) is 0 Å². The summed E-state index contributed by atoms with van der Waals surface area (Å²) in [6.07, 6.45) is 1.46. The second-order valence-corrected chi connectivity index (χ2v) is 6.13. The molecular formula is C17H27ClN2O2. The predicted molar refractivity (Wildman–Crippen MR) is 90.8 cm³/mol. The van der Waals surface area contributed by atoms with E-state index in [1.807, 2.05) is 49.1 Å². The van der Waals surface area contributed by atoms with Crippen LogP contribution in [-0.4, -0.2) is 35.1 Å². The van der Waals surface area contributed by atoms with Gasteiger partial charge in [0.1, 0.15) is 0 Å². The molecule has 3 unspecified atom stereocenters. The molecule has 124 valence electrons. The van der Waals surface area contributed by atoms with Gasteiger partial charge in [0, 0.05) is 19.1 Å². The zero-order valence-corrected chi connectivity index (χ0v) is 14.1. The maximum atomic E-state index is 12.6. The average molecular weight is 327 g/mol. The molecule has 22 heavy (non-hydrogen) atoms. The largest absolute Gasteiger partial charge is 0.393 e. The van der Waals surface area contributed by atoms with Gasteiger partial charge in [0.05, 0.1) is 12.0 Å². The van der Waals surface area contributed by atoms with Gasteiger partial charge in [-0.3, -0.25) is 4.79 Å². The van der Waals surface area contributed by atoms with Gasteiger partial charge in [-0.15, -0.1) is 12.4 Å². The van der Waals surface area contributed by atoms with Gasteiger partial charge in [0.15, 0.2) is 0 Å². The average Bonchev–Trinajstić information content (AvgIpc) is 2.53. The van der Waals surface area contributed by atoms with Crippen LogP contribution in [0.2, 0.25) is 0 Å². The van der Waals surface area contributed by atoms with E-state index in [0.29, 0.717) is 5.92 Å². The third kappa shape index (κ3) is 4.45. The molecule has 0 saturated carbocycles. The van der Waals surface area contributed by atoms with Gasteiger partial charge in [0.2, 0.25) is 5.91 Å². The van der Waals surface area contributed by atoms with E-state index >= 15 is 0 Å². The van der Waals surface area contributed by atoms with E-state index in [-0.39, 0.29) is 36.4 Å². The molecule has 1 aliphatic heterocycles. The van der Waals surface area contributed by atoms with Crippen LogP contribution < -0.4 is 5.73 Å². The van der Waals surface area contributed by atoms with E-state index < -0.39 is 0 Å². The lowest BCUT2D eigenvalue weighted by atomic mass is 9.90. The number of nitrogens with two attached hydrogens (primary N) is 1. The van der Waals surface area contributed by atoms with Crippen molar-refractivity contribution in [3.05, 3.63) is 35.9 Å². The highest BCUT2D eigenvalue weighted by molar-refractivity contribution is 5.85. The summed E-state index contributed by atoms with van der Waals surface area (Å²) < 4.78 is 0. The quantitative estimate of drug-likeness (QED) is 0.892. The highest BCUT2D eigenvalue weighted by Gasteiger charge is 2.30. The number of rotatable bonds is 4. The van der Waals surface area contributed by atoms with E-state index in [2.05, 4.69) is 0 Å². The first kappa shape index (κ1) is 18.9. The predicted octanol–water partition coefficient (Wildman–Crippen LogP) is 2.36. The molecule has 1 fully saturated rings. The number of hydrogen-bond acceptors (Lipinski definition) is 3. The molecule has 0 bridgehead atoms. The number of aliphatic hydroxyl groups is 1. The van der Waals surface area contributed by atoms with Crippen LogP contribution in [0.25, 0.3) is 0 Å². The van der Waals surface area contributed by atoms with E-state index in [1.54, 1.807) is 0 Å². The topological polar surface area (TPSA) is 66.6 Å². The molecule has 2 rings (SSSR count). The van der Waals surface area contributed by atoms with Gasteiger partial charge >= 0.3 is 0 Å². The van der Waals surface area contributed by atoms with Crippen molar-refractivity contribution in [3.63, 3.8) is 0 Å². The Balaban J connectivity index is 0.00000242. The molecular weight excluding hydrogens is 300 g/mol. The molecule has 1 saturated heterocycles. The fourth-order valence-corrected chi connectivity index (χ4v) is 3.01.